The van der Waals surface area contributed by atoms with Gasteiger partial charge in [-0.05, 0) is 27.2 Å². The molecule has 0 heterocycles. The molecule has 1 unspecified atom stereocenters. The molecule has 0 aromatic rings. The molecule has 0 aliphatic carbocycles. The van der Waals surface area contributed by atoms with Crippen LogP contribution in [-0.4, -0.2) is 36.7 Å². The second-order valence-electron chi connectivity index (χ2n) is 4.13. The molecule has 1 N–H and O–H groups in total. The molecule has 15 heavy (non-hydrogen) atoms. The van der Waals surface area contributed by atoms with Gasteiger partial charge in [0.25, 0.3) is 0 Å². The van der Waals surface area contributed by atoms with Gasteiger partial charge >= 0.3 is 0 Å². The molecular formula is C9H18BrNO3S. The van der Waals surface area contributed by atoms with E-state index in [0.29, 0.717) is 0 Å². The summed E-state index contributed by atoms with van der Waals surface area (Å²) >= 11 is 3.26. The van der Waals surface area contributed by atoms with Gasteiger partial charge in [-0.25, -0.2) is 8.42 Å². The summed E-state index contributed by atoms with van der Waals surface area (Å²) in [5.41, 5.74) is 0. The maximum atomic E-state index is 11.7. The summed E-state index contributed by atoms with van der Waals surface area (Å²) in [7, 11) is -3.39. The van der Waals surface area contributed by atoms with Crippen LogP contribution in [0.5, 0.6) is 0 Å². The molecule has 90 valence electrons. The third kappa shape index (κ3) is 4.10. The number of carbonyl (C=O) groups is 1. The number of rotatable bonds is 5. The third-order valence-electron chi connectivity index (χ3n) is 2.39. The van der Waals surface area contributed by atoms with Crippen LogP contribution >= 0.6 is 15.9 Å². The number of nitrogens with one attached hydrogen (secondary N) is 1. The molecule has 0 aromatic heterocycles. The highest BCUT2D eigenvalue weighted by Gasteiger charge is 2.38. The molecule has 0 bridgehead atoms. The van der Waals surface area contributed by atoms with E-state index >= 15 is 0 Å². The summed E-state index contributed by atoms with van der Waals surface area (Å²) in [6.07, 6.45) is 1.84. The largest absolute Gasteiger partial charge is 0.352 e. The first-order valence-electron chi connectivity index (χ1n) is 4.69. The Morgan fingerprint density at radius 1 is 1.47 bits per heavy atom. The molecule has 0 spiro atoms. The first-order chi connectivity index (χ1) is 6.63. The molecule has 6 heteroatoms. The van der Waals surface area contributed by atoms with Gasteiger partial charge < -0.3 is 5.32 Å². The second kappa shape index (κ2) is 5.30. The van der Waals surface area contributed by atoms with Gasteiger partial charge in [-0.1, -0.05) is 15.9 Å². The summed E-state index contributed by atoms with van der Waals surface area (Å²) in [6.45, 7) is 4.68. The molecule has 1 atom stereocenters. The number of carbonyl (C=O) groups excluding carboxylic acids is 1. The van der Waals surface area contributed by atoms with Gasteiger partial charge in [0.05, 0.1) is 0 Å². The Hall–Kier alpha value is -0.100. The number of alkyl halides is 1. The Bertz CT molecular complexity index is 324. The molecule has 4 nitrogen and oxygen atoms in total. The van der Waals surface area contributed by atoms with E-state index in [0.717, 1.165) is 18.0 Å². The van der Waals surface area contributed by atoms with E-state index < -0.39 is 20.5 Å². The molecule has 0 saturated heterocycles. The summed E-state index contributed by atoms with van der Waals surface area (Å²) in [4.78, 5) is 11.7. The Labute approximate surface area is 99.9 Å². The van der Waals surface area contributed by atoms with Crippen molar-refractivity contribution in [3.63, 3.8) is 0 Å². The molecular weight excluding hydrogens is 282 g/mol. The zero-order chi connectivity index (χ0) is 12.3. The molecule has 0 aliphatic heterocycles. The average Bonchev–Trinajstić information content (AvgIpc) is 2.02. The highest BCUT2D eigenvalue weighted by molar-refractivity contribution is 9.09. The molecule has 0 saturated carbocycles. The number of amides is 1. The minimum absolute atomic E-state index is 0.0297. The second-order valence-corrected chi connectivity index (χ2v) is 7.49. The molecule has 0 aliphatic rings. The van der Waals surface area contributed by atoms with Gasteiger partial charge in [0.15, 0.2) is 9.84 Å². The number of hydrogen-bond acceptors (Lipinski definition) is 3. The lowest BCUT2D eigenvalue weighted by Crippen LogP contribution is -2.50. The maximum Gasteiger partial charge on any atom is 0.241 e. The minimum Gasteiger partial charge on any atom is -0.352 e. The number of hydrogen-bond donors (Lipinski definition) is 1. The lowest BCUT2D eigenvalue weighted by atomic mass is 10.1. The van der Waals surface area contributed by atoms with Gasteiger partial charge in [0, 0.05) is 17.6 Å². The lowest BCUT2D eigenvalue weighted by Gasteiger charge is -2.23. The standard InChI is InChI=1S/C9H18BrNO3S/c1-7(5-6-10)11-8(12)9(2,3)15(4,13)14/h7H,5-6H2,1-4H3,(H,11,12). The summed E-state index contributed by atoms with van der Waals surface area (Å²) in [6, 6.07) is -0.0297. The quantitative estimate of drug-likeness (QED) is 0.773. The highest BCUT2D eigenvalue weighted by atomic mass is 79.9. The zero-order valence-electron chi connectivity index (χ0n) is 9.50. The maximum absolute atomic E-state index is 11.7. The van der Waals surface area contributed by atoms with E-state index in [-0.39, 0.29) is 6.04 Å². The normalized spacial score (nSPS) is 14.7. The number of sulfone groups is 1. The fourth-order valence-corrected chi connectivity index (χ4v) is 1.88. The van der Waals surface area contributed by atoms with Crippen molar-refractivity contribution >= 4 is 31.7 Å². The van der Waals surface area contributed by atoms with Crippen molar-refractivity contribution < 1.29 is 13.2 Å². The Balaban J connectivity index is 4.60. The minimum atomic E-state index is -3.39. The third-order valence-corrected chi connectivity index (χ3v) is 4.89. The zero-order valence-corrected chi connectivity index (χ0v) is 11.9. The van der Waals surface area contributed by atoms with Gasteiger partial charge in [-0.3, -0.25) is 4.79 Å². The van der Waals surface area contributed by atoms with Crippen LogP contribution in [0.1, 0.15) is 27.2 Å². The topological polar surface area (TPSA) is 63.2 Å². The Morgan fingerprint density at radius 2 is 1.93 bits per heavy atom. The predicted molar refractivity (Wildman–Crippen MR) is 64.9 cm³/mol. The predicted octanol–water partition coefficient (Wildman–Crippen LogP) is 1.10. The average molecular weight is 300 g/mol. The van der Waals surface area contributed by atoms with Crippen molar-refractivity contribution in [3.05, 3.63) is 0 Å². The van der Waals surface area contributed by atoms with Gasteiger partial charge in [0.1, 0.15) is 4.75 Å². The summed E-state index contributed by atoms with van der Waals surface area (Å²) in [5.74, 6) is -0.446. The van der Waals surface area contributed by atoms with E-state index in [1.807, 2.05) is 6.92 Å². The fourth-order valence-electron chi connectivity index (χ4n) is 0.802. The van der Waals surface area contributed by atoms with Crippen molar-refractivity contribution in [2.24, 2.45) is 0 Å². The summed E-state index contributed by atoms with van der Waals surface area (Å²) in [5, 5.41) is 3.45. The van der Waals surface area contributed by atoms with E-state index in [1.165, 1.54) is 13.8 Å². The molecule has 0 radical (unpaired) electrons. The molecule has 1 amide bonds. The highest BCUT2D eigenvalue weighted by Crippen LogP contribution is 2.15. The van der Waals surface area contributed by atoms with E-state index in [4.69, 9.17) is 0 Å². The van der Waals surface area contributed by atoms with Crippen molar-refractivity contribution in [1.29, 1.82) is 0 Å². The van der Waals surface area contributed by atoms with E-state index in [1.54, 1.807) is 0 Å². The van der Waals surface area contributed by atoms with Crippen molar-refractivity contribution in [2.75, 3.05) is 11.6 Å². The molecule has 0 fully saturated rings. The fraction of sp³-hybridized carbons (Fsp3) is 0.889. The van der Waals surface area contributed by atoms with E-state index in [9.17, 15) is 13.2 Å². The van der Waals surface area contributed by atoms with Gasteiger partial charge in [-0.15, -0.1) is 0 Å². The van der Waals surface area contributed by atoms with Crippen LogP contribution in [0.3, 0.4) is 0 Å². The first-order valence-corrected chi connectivity index (χ1v) is 7.70. The van der Waals surface area contributed by atoms with Crippen LogP contribution in [-0.2, 0) is 14.6 Å². The smallest absolute Gasteiger partial charge is 0.241 e. The van der Waals surface area contributed by atoms with Crippen LogP contribution in [0.4, 0.5) is 0 Å². The van der Waals surface area contributed by atoms with Crippen LogP contribution in [0.25, 0.3) is 0 Å². The van der Waals surface area contributed by atoms with Gasteiger partial charge in [0.2, 0.25) is 5.91 Å². The van der Waals surface area contributed by atoms with Gasteiger partial charge in [-0.2, -0.15) is 0 Å². The summed E-state index contributed by atoms with van der Waals surface area (Å²) < 4.78 is 21.4. The molecule has 0 rings (SSSR count). The van der Waals surface area contributed by atoms with Crippen molar-refractivity contribution in [3.8, 4) is 0 Å². The Kier molecular flexibility index (Phi) is 5.26. The van der Waals surface area contributed by atoms with Crippen molar-refractivity contribution in [2.45, 2.75) is 38.0 Å². The monoisotopic (exact) mass is 299 g/mol. The van der Waals surface area contributed by atoms with Crippen molar-refractivity contribution in [1.82, 2.24) is 5.32 Å². The van der Waals surface area contributed by atoms with Crippen LogP contribution in [0, 0.1) is 0 Å². The van der Waals surface area contributed by atoms with E-state index in [2.05, 4.69) is 21.2 Å². The van der Waals surface area contributed by atoms with Crippen LogP contribution in [0.2, 0.25) is 0 Å². The molecule has 0 aromatic carbocycles. The SMILES string of the molecule is CC(CCBr)NC(=O)C(C)(C)S(C)(=O)=O. The van der Waals surface area contributed by atoms with Crippen LogP contribution < -0.4 is 5.32 Å². The number of halogens is 1. The lowest BCUT2D eigenvalue weighted by molar-refractivity contribution is -0.123. The first kappa shape index (κ1) is 14.9. The Morgan fingerprint density at radius 3 is 2.27 bits per heavy atom. The van der Waals surface area contributed by atoms with Crippen LogP contribution in [0.15, 0.2) is 0 Å².